The largest absolute Gasteiger partial charge is 0.323 e. The van der Waals surface area contributed by atoms with E-state index in [0.29, 0.717) is 26.3 Å². The van der Waals surface area contributed by atoms with Gasteiger partial charge in [-0.25, -0.2) is 4.79 Å². The molecule has 0 aliphatic heterocycles. The zero-order valence-electron chi connectivity index (χ0n) is 9.65. The van der Waals surface area contributed by atoms with E-state index in [-0.39, 0.29) is 0 Å². The third-order valence-electron chi connectivity index (χ3n) is 2.35. The van der Waals surface area contributed by atoms with Crippen molar-refractivity contribution in [2.24, 2.45) is 0 Å². The number of nitrogens with one attached hydrogen (secondary N) is 2. The van der Waals surface area contributed by atoms with Crippen molar-refractivity contribution in [1.82, 2.24) is 0 Å². The first-order chi connectivity index (χ1) is 9.08. The molecule has 2 amide bonds. The maximum Gasteiger partial charge on any atom is 0.323 e. The van der Waals surface area contributed by atoms with E-state index in [1.165, 1.54) is 0 Å². The smallest absolute Gasteiger partial charge is 0.307 e. The van der Waals surface area contributed by atoms with Crippen molar-refractivity contribution in [3.05, 3.63) is 52.5 Å². The molecular formula is C13H10Cl2N2OS. The molecule has 6 heteroatoms. The third kappa shape index (κ3) is 3.56. The lowest BCUT2D eigenvalue weighted by molar-refractivity contribution is 0.262. The number of anilines is 2. The summed E-state index contributed by atoms with van der Waals surface area (Å²) in [5.41, 5.74) is 0.978. The monoisotopic (exact) mass is 312 g/mol. The van der Waals surface area contributed by atoms with Crippen molar-refractivity contribution in [2.75, 3.05) is 10.6 Å². The molecule has 0 heterocycles. The molecule has 0 atom stereocenters. The van der Waals surface area contributed by atoms with Crippen LogP contribution in [0.2, 0.25) is 10.0 Å². The fourth-order valence-electron chi connectivity index (χ4n) is 1.46. The first kappa shape index (κ1) is 14.1. The van der Waals surface area contributed by atoms with Crippen LogP contribution in [0.4, 0.5) is 16.2 Å². The molecule has 0 aromatic heterocycles. The Labute approximate surface area is 126 Å². The highest BCUT2D eigenvalue weighted by Crippen LogP contribution is 2.30. The number of carbonyl (C=O) groups excluding carboxylic acids is 1. The molecule has 0 aliphatic rings. The van der Waals surface area contributed by atoms with Crippen LogP contribution in [0.5, 0.6) is 0 Å². The van der Waals surface area contributed by atoms with Gasteiger partial charge in [-0.1, -0.05) is 41.4 Å². The summed E-state index contributed by atoms with van der Waals surface area (Å²) in [4.78, 5) is 12.5. The minimum atomic E-state index is -0.434. The number of hydrogen-bond acceptors (Lipinski definition) is 2. The van der Waals surface area contributed by atoms with Crippen LogP contribution in [-0.4, -0.2) is 6.03 Å². The number of para-hydroxylation sites is 2. The van der Waals surface area contributed by atoms with Gasteiger partial charge in [-0.3, -0.25) is 0 Å². The first-order valence-electron chi connectivity index (χ1n) is 5.38. The number of urea groups is 1. The summed E-state index contributed by atoms with van der Waals surface area (Å²) in [6.45, 7) is 0. The van der Waals surface area contributed by atoms with Crippen LogP contribution >= 0.6 is 35.8 Å². The lowest BCUT2D eigenvalue weighted by Gasteiger charge is -2.11. The van der Waals surface area contributed by atoms with E-state index in [4.69, 9.17) is 23.2 Å². The molecule has 0 saturated heterocycles. The summed E-state index contributed by atoms with van der Waals surface area (Å²) >= 11 is 16.2. The standard InChI is InChI=1S/C13H10Cl2N2OS/c14-8-4-3-5-9(15)12(8)17-13(18)16-10-6-1-2-7-11(10)19/h1-7,19H,(H2,16,17,18). The van der Waals surface area contributed by atoms with Crippen molar-refractivity contribution in [2.45, 2.75) is 4.90 Å². The zero-order chi connectivity index (χ0) is 13.8. The average molecular weight is 313 g/mol. The second-order valence-electron chi connectivity index (χ2n) is 3.69. The molecular weight excluding hydrogens is 303 g/mol. The Morgan fingerprint density at radius 3 is 2.21 bits per heavy atom. The Morgan fingerprint density at radius 1 is 0.947 bits per heavy atom. The summed E-state index contributed by atoms with van der Waals surface area (Å²) in [6.07, 6.45) is 0. The normalized spacial score (nSPS) is 10.1. The van der Waals surface area contributed by atoms with Crippen molar-refractivity contribution >= 4 is 53.2 Å². The highest BCUT2D eigenvalue weighted by molar-refractivity contribution is 7.80. The molecule has 19 heavy (non-hydrogen) atoms. The van der Waals surface area contributed by atoms with E-state index in [9.17, 15) is 4.79 Å². The molecule has 2 N–H and O–H groups in total. The highest BCUT2D eigenvalue weighted by atomic mass is 35.5. The van der Waals surface area contributed by atoms with Crippen LogP contribution in [0.1, 0.15) is 0 Å². The van der Waals surface area contributed by atoms with E-state index >= 15 is 0 Å². The van der Waals surface area contributed by atoms with Crippen molar-refractivity contribution in [3.63, 3.8) is 0 Å². The van der Waals surface area contributed by atoms with Gasteiger partial charge >= 0.3 is 6.03 Å². The lowest BCUT2D eigenvalue weighted by atomic mass is 10.3. The van der Waals surface area contributed by atoms with E-state index in [1.807, 2.05) is 6.07 Å². The number of carbonyl (C=O) groups is 1. The molecule has 98 valence electrons. The summed E-state index contributed by atoms with van der Waals surface area (Å²) in [6, 6.07) is 11.7. The lowest BCUT2D eigenvalue weighted by Crippen LogP contribution is -2.20. The molecule has 0 spiro atoms. The van der Waals surface area contributed by atoms with Gasteiger partial charge in [-0.15, -0.1) is 12.6 Å². The molecule has 0 bridgehead atoms. The molecule has 0 unspecified atom stereocenters. The maximum atomic E-state index is 11.9. The van der Waals surface area contributed by atoms with Crippen molar-refractivity contribution in [1.29, 1.82) is 0 Å². The fourth-order valence-corrected chi connectivity index (χ4v) is 2.17. The number of halogens is 2. The molecule has 2 aromatic carbocycles. The highest BCUT2D eigenvalue weighted by Gasteiger charge is 2.10. The predicted octanol–water partition coefficient (Wildman–Crippen LogP) is 4.93. The molecule has 0 aliphatic carbocycles. The topological polar surface area (TPSA) is 41.1 Å². The summed E-state index contributed by atoms with van der Waals surface area (Å²) in [7, 11) is 0. The first-order valence-corrected chi connectivity index (χ1v) is 6.58. The van der Waals surface area contributed by atoms with Crippen molar-refractivity contribution < 1.29 is 4.79 Å². The minimum absolute atomic E-state index is 0.375. The molecule has 0 radical (unpaired) electrons. The van der Waals surface area contributed by atoms with E-state index in [2.05, 4.69) is 23.3 Å². The number of benzene rings is 2. The summed E-state index contributed by atoms with van der Waals surface area (Å²) < 4.78 is 0. The summed E-state index contributed by atoms with van der Waals surface area (Å²) in [5.74, 6) is 0. The van der Waals surface area contributed by atoms with E-state index in [0.717, 1.165) is 0 Å². The molecule has 0 saturated carbocycles. The van der Waals surface area contributed by atoms with Gasteiger partial charge in [-0.05, 0) is 24.3 Å². The second kappa shape index (κ2) is 6.19. The Hall–Kier alpha value is -1.36. The minimum Gasteiger partial charge on any atom is -0.307 e. The fraction of sp³-hybridized carbons (Fsp3) is 0. The van der Waals surface area contributed by atoms with E-state index in [1.54, 1.807) is 36.4 Å². The van der Waals surface area contributed by atoms with Crippen LogP contribution in [0.3, 0.4) is 0 Å². The second-order valence-corrected chi connectivity index (χ2v) is 4.99. The quantitative estimate of drug-likeness (QED) is 0.676. The zero-order valence-corrected chi connectivity index (χ0v) is 12.1. The molecule has 3 nitrogen and oxygen atoms in total. The number of thiol groups is 1. The van der Waals surface area contributed by atoms with Crippen LogP contribution in [0.15, 0.2) is 47.4 Å². The number of amides is 2. The molecule has 2 aromatic rings. The van der Waals surface area contributed by atoms with Gasteiger partial charge < -0.3 is 10.6 Å². The number of rotatable bonds is 2. The van der Waals surface area contributed by atoms with Crippen molar-refractivity contribution in [3.8, 4) is 0 Å². The Morgan fingerprint density at radius 2 is 1.58 bits per heavy atom. The average Bonchev–Trinajstić information content (AvgIpc) is 2.37. The van der Waals surface area contributed by atoms with E-state index < -0.39 is 6.03 Å². The van der Waals surface area contributed by atoms with Crippen LogP contribution in [0.25, 0.3) is 0 Å². The Balaban J connectivity index is 2.12. The maximum absolute atomic E-state index is 11.9. The Kier molecular flexibility index (Phi) is 4.58. The third-order valence-corrected chi connectivity index (χ3v) is 3.37. The SMILES string of the molecule is O=C(Nc1ccccc1S)Nc1c(Cl)cccc1Cl. The number of hydrogen-bond donors (Lipinski definition) is 3. The van der Waals surface area contributed by atoms with Gasteiger partial charge in [0.15, 0.2) is 0 Å². The van der Waals surface area contributed by atoms with Gasteiger partial charge in [0.1, 0.15) is 0 Å². The van der Waals surface area contributed by atoms with Gasteiger partial charge in [0.2, 0.25) is 0 Å². The Bertz CT molecular complexity index is 599. The van der Waals surface area contributed by atoms with Gasteiger partial charge in [0.05, 0.1) is 21.4 Å². The molecule has 2 rings (SSSR count). The van der Waals surface area contributed by atoms with Crippen LogP contribution in [0, 0.1) is 0 Å². The summed E-state index contributed by atoms with van der Waals surface area (Å²) in [5, 5.41) is 6.03. The molecule has 0 fully saturated rings. The van der Waals surface area contributed by atoms with Gasteiger partial charge in [0.25, 0.3) is 0 Å². The van der Waals surface area contributed by atoms with Crippen LogP contribution in [-0.2, 0) is 0 Å². The van der Waals surface area contributed by atoms with Gasteiger partial charge in [-0.2, -0.15) is 0 Å². The predicted molar refractivity (Wildman–Crippen MR) is 82.8 cm³/mol. The van der Waals surface area contributed by atoms with Crippen LogP contribution < -0.4 is 10.6 Å². The van der Waals surface area contributed by atoms with Gasteiger partial charge in [0, 0.05) is 4.90 Å².